The van der Waals surface area contributed by atoms with E-state index >= 15 is 0 Å². The van der Waals surface area contributed by atoms with Crippen molar-refractivity contribution in [2.45, 2.75) is 13.0 Å². The normalized spacial score (nSPS) is 10.6. The average molecular weight is 280 g/mol. The lowest BCUT2D eigenvalue weighted by Gasteiger charge is -2.05. The van der Waals surface area contributed by atoms with Crippen LogP contribution in [-0.4, -0.2) is 16.0 Å². The lowest BCUT2D eigenvalue weighted by molar-refractivity contribution is -0.385. The molecule has 2 rings (SSSR count). The van der Waals surface area contributed by atoms with E-state index in [1.807, 2.05) is 23.0 Å². The molecule has 0 saturated carbocycles. The summed E-state index contributed by atoms with van der Waals surface area (Å²) in [5, 5.41) is 11.5. The van der Waals surface area contributed by atoms with Gasteiger partial charge in [-0.05, 0) is 36.7 Å². The molecule has 0 amide bonds. The third kappa shape index (κ3) is 3.33. The number of hydrogen-bond acceptors (Lipinski definition) is 3. The zero-order valence-corrected chi connectivity index (χ0v) is 11.0. The molecule has 0 bridgehead atoms. The van der Waals surface area contributed by atoms with E-state index in [-0.39, 0.29) is 5.69 Å². The second kappa shape index (κ2) is 5.86. The Kier molecular flexibility index (Phi) is 4.19. The SMILES string of the molecule is NCCc1ccn(Cc2cc(Cl)ccc2[N+](=O)[O-])c1. The summed E-state index contributed by atoms with van der Waals surface area (Å²) in [4.78, 5) is 10.6. The van der Waals surface area contributed by atoms with Gasteiger partial charge in [-0.2, -0.15) is 0 Å². The fourth-order valence-electron chi connectivity index (χ4n) is 1.96. The van der Waals surface area contributed by atoms with Gasteiger partial charge in [0.1, 0.15) is 0 Å². The molecule has 1 aromatic heterocycles. The molecule has 0 aliphatic rings. The molecular weight excluding hydrogens is 266 g/mol. The molecule has 0 spiro atoms. The van der Waals surface area contributed by atoms with E-state index in [0.29, 0.717) is 23.7 Å². The van der Waals surface area contributed by atoms with Gasteiger partial charge in [-0.25, -0.2) is 0 Å². The Morgan fingerprint density at radius 2 is 2.16 bits per heavy atom. The van der Waals surface area contributed by atoms with Crippen molar-refractivity contribution >= 4 is 17.3 Å². The molecule has 1 heterocycles. The molecule has 6 heteroatoms. The lowest BCUT2D eigenvalue weighted by atomic mass is 10.2. The number of rotatable bonds is 5. The first-order valence-corrected chi connectivity index (χ1v) is 6.25. The Balaban J connectivity index is 2.26. The molecule has 2 N–H and O–H groups in total. The van der Waals surface area contributed by atoms with E-state index in [2.05, 4.69) is 0 Å². The van der Waals surface area contributed by atoms with Gasteiger partial charge in [-0.1, -0.05) is 11.6 Å². The largest absolute Gasteiger partial charge is 0.349 e. The van der Waals surface area contributed by atoms with Crippen LogP contribution in [0.5, 0.6) is 0 Å². The van der Waals surface area contributed by atoms with Gasteiger partial charge < -0.3 is 10.3 Å². The van der Waals surface area contributed by atoms with E-state index in [9.17, 15) is 10.1 Å². The third-order valence-corrected chi connectivity index (χ3v) is 3.07. The van der Waals surface area contributed by atoms with Gasteiger partial charge in [-0.3, -0.25) is 10.1 Å². The molecule has 5 nitrogen and oxygen atoms in total. The van der Waals surface area contributed by atoms with E-state index < -0.39 is 4.92 Å². The van der Waals surface area contributed by atoms with Gasteiger partial charge >= 0.3 is 0 Å². The maximum Gasteiger partial charge on any atom is 0.274 e. The molecule has 0 radical (unpaired) electrons. The Labute approximate surface area is 115 Å². The van der Waals surface area contributed by atoms with Crippen LogP contribution in [0, 0.1) is 10.1 Å². The number of nitro groups is 1. The number of hydrogen-bond donors (Lipinski definition) is 1. The number of nitrogens with zero attached hydrogens (tertiary/aromatic N) is 2. The molecule has 100 valence electrons. The van der Waals surface area contributed by atoms with Gasteiger partial charge in [0, 0.05) is 23.5 Å². The standard InChI is InChI=1S/C13H14ClN3O2/c14-12-1-2-13(17(18)19)11(7-12)9-16-6-4-10(8-16)3-5-15/h1-2,4,6-8H,3,5,9,15H2. The molecule has 2 aromatic rings. The molecule has 0 fully saturated rings. The van der Waals surface area contributed by atoms with Crippen molar-refractivity contribution in [3.63, 3.8) is 0 Å². The Morgan fingerprint density at radius 3 is 2.84 bits per heavy atom. The van der Waals surface area contributed by atoms with Crippen LogP contribution in [-0.2, 0) is 13.0 Å². The molecule has 0 atom stereocenters. The molecule has 1 aromatic carbocycles. The first kappa shape index (κ1) is 13.6. The summed E-state index contributed by atoms with van der Waals surface area (Å²) in [5.41, 5.74) is 7.28. The van der Waals surface area contributed by atoms with E-state index in [0.717, 1.165) is 12.0 Å². The van der Waals surface area contributed by atoms with Crippen molar-refractivity contribution in [3.05, 3.63) is 62.9 Å². The number of nitrogens with two attached hydrogens (primary N) is 1. The summed E-state index contributed by atoms with van der Waals surface area (Å²) >= 11 is 5.89. The predicted molar refractivity (Wildman–Crippen MR) is 74.4 cm³/mol. The number of benzene rings is 1. The van der Waals surface area contributed by atoms with Crippen molar-refractivity contribution in [2.75, 3.05) is 6.54 Å². The zero-order valence-electron chi connectivity index (χ0n) is 10.3. The third-order valence-electron chi connectivity index (χ3n) is 2.84. The summed E-state index contributed by atoms with van der Waals surface area (Å²) in [6.07, 6.45) is 4.62. The minimum Gasteiger partial charge on any atom is -0.349 e. The first-order valence-electron chi connectivity index (χ1n) is 5.87. The Morgan fingerprint density at radius 1 is 1.37 bits per heavy atom. The number of halogens is 1. The first-order chi connectivity index (χ1) is 9.10. The van der Waals surface area contributed by atoms with Crippen molar-refractivity contribution in [3.8, 4) is 0 Å². The molecular formula is C13H14ClN3O2. The minimum atomic E-state index is -0.393. The highest BCUT2D eigenvalue weighted by molar-refractivity contribution is 6.30. The Hall–Kier alpha value is -1.85. The van der Waals surface area contributed by atoms with Crippen molar-refractivity contribution < 1.29 is 4.92 Å². The second-order valence-corrected chi connectivity index (χ2v) is 4.70. The fourth-order valence-corrected chi connectivity index (χ4v) is 2.15. The number of nitro benzene ring substituents is 1. The summed E-state index contributed by atoms with van der Waals surface area (Å²) in [5.74, 6) is 0. The van der Waals surface area contributed by atoms with E-state index in [1.165, 1.54) is 12.1 Å². The summed E-state index contributed by atoms with van der Waals surface area (Å²) in [6, 6.07) is 6.55. The van der Waals surface area contributed by atoms with Crippen molar-refractivity contribution in [2.24, 2.45) is 5.73 Å². The van der Waals surface area contributed by atoms with Gasteiger partial charge in [0.25, 0.3) is 5.69 Å². The highest BCUT2D eigenvalue weighted by Crippen LogP contribution is 2.23. The molecule has 0 saturated heterocycles. The van der Waals surface area contributed by atoms with Gasteiger partial charge in [0.2, 0.25) is 0 Å². The van der Waals surface area contributed by atoms with Gasteiger partial charge in [-0.15, -0.1) is 0 Å². The molecule has 19 heavy (non-hydrogen) atoms. The van der Waals surface area contributed by atoms with Crippen molar-refractivity contribution in [1.82, 2.24) is 4.57 Å². The van der Waals surface area contributed by atoms with E-state index in [1.54, 1.807) is 6.07 Å². The number of aromatic nitrogens is 1. The highest BCUT2D eigenvalue weighted by atomic mass is 35.5. The van der Waals surface area contributed by atoms with Crippen molar-refractivity contribution in [1.29, 1.82) is 0 Å². The van der Waals surface area contributed by atoms with Gasteiger partial charge in [0.15, 0.2) is 0 Å². The summed E-state index contributed by atoms with van der Waals surface area (Å²) < 4.78 is 1.89. The average Bonchev–Trinajstić information content (AvgIpc) is 2.77. The van der Waals surface area contributed by atoms with Crippen LogP contribution in [0.2, 0.25) is 5.02 Å². The van der Waals surface area contributed by atoms with Crippen LogP contribution in [0.3, 0.4) is 0 Å². The summed E-state index contributed by atoms with van der Waals surface area (Å²) in [6.45, 7) is 1.00. The maximum atomic E-state index is 11.0. The minimum absolute atomic E-state index is 0.0819. The molecule has 0 aliphatic carbocycles. The predicted octanol–water partition coefficient (Wildman–Crippen LogP) is 2.60. The molecule has 0 aliphatic heterocycles. The topological polar surface area (TPSA) is 74.1 Å². The second-order valence-electron chi connectivity index (χ2n) is 4.26. The van der Waals surface area contributed by atoms with Gasteiger partial charge in [0.05, 0.1) is 17.0 Å². The monoisotopic (exact) mass is 279 g/mol. The van der Waals surface area contributed by atoms with E-state index in [4.69, 9.17) is 17.3 Å². The smallest absolute Gasteiger partial charge is 0.274 e. The maximum absolute atomic E-state index is 11.0. The zero-order chi connectivity index (χ0) is 13.8. The Bertz CT molecular complexity index is 595. The van der Waals surface area contributed by atoms with Crippen LogP contribution >= 0.6 is 11.6 Å². The molecule has 0 unspecified atom stereocenters. The quantitative estimate of drug-likeness (QED) is 0.675. The van der Waals surface area contributed by atoms with Crippen LogP contribution in [0.25, 0.3) is 0 Å². The lowest BCUT2D eigenvalue weighted by Crippen LogP contribution is -2.03. The summed E-state index contributed by atoms with van der Waals surface area (Å²) in [7, 11) is 0. The fraction of sp³-hybridized carbons (Fsp3) is 0.231. The van der Waals surface area contributed by atoms with Crippen LogP contribution in [0.4, 0.5) is 5.69 Å². The van der Waals surface area contributed by atoms with Crippen LogP contribution in [0.1, 0.15) is 11.1 Å². The van der Waals surface area contributed by atoms with Crippen LogP contribution < -0.4 is 5.73 Å². The highest BCUT2D eigenvalue weighted by Gasteiger charge is 2.14. The van der Waals surface area contributed by atoms with Crippen LogP contribution in [0.15, 0.2) is 36.7 Å².